The van der Waals surface area contributed by atoms with E-state index in [1.54, 1.807) is 12.1 Å². The number of rotatable bonds is 4. The smallest absolute Gasteiger partial charge is 0.409 e. The van der Waals surface area contributed by atoms with Crippen LogP contribution < -0.4 is 4.90 Å². The SMILES string of the molecule is CCOC(=O)N1CCC(N2CCC[C@@H](N3CCN(c4ccccc4F)CC3)C2)CC1. The third-order valence-electron chi connectivity index (χ3n) is 6.96. The summed E-state index contributed by atoms with van der Waals surface area (Å²) in [6, 6.07) is 8.26. The van der Waals surface area contributed by atoms with Crippen LogP contribution in [0.25, 0.3) is 0 Å². The highest BCUT2D eigenvalue weighted by molar-refractivity contribution is 5.67. The molecule has 3 aliphatic heterocycles. The number of benzene rings is 1. The van der Waals surface area contributed by atoms with E-state index >= 15 is 0 Å². The Labute approximate surface area is 179 Å². The van der Waals surface area contributed by atoms with Gasteiger partial charge >= 0.3 is 6.09 Å². The number of ether oxygens (including phenoxy) is 1. The molecular formula is C23H35FN4O2. The Morgan fingerprint density at radius 1 is 0.967 bits per heavy atom. The van der Waals surface area contributed by atoms with Gasteiger partial charge in [0, 0.05) is 57.9 Å². The summed E-state index contributed by atoms with van der Waals surface area (Å²) < 4.78 is 19.3. The van der Waals surface area contributed by atoms with Gasteiger partial charge in [0.1, 0.15) is 5.82 Å². The molecule has 1 atom stereocenters. The second-order valence-electron chi connectivity index (χ2n) is 8.68. The Kier molecular flexibility index (Phi) is 7.10. The van der Waals surface area contributed by atoms with E-state index in [1.165, 1.54) is 12.8 Å². The second kappa shape index (κ2) is 9.96. The number of para-hydroxylation sites is 1. The fraction of sp³-hybridized carbons (Fsp3) is 0.696. The molecule has 0 radical (unpaired) electrons. The van der Waals surface area contributed by atoms with E-state index < -0.39 is 0 Å². The normalized spacial score (nSPS) is 24.8. The maximum absolute atomic E-state index is 14.1. The lowest BCUT2D eigenvalue weighted by Crippen LogP contribution is -2.57. The maximum atomic E-state index is 14.1. The summed E-state index contributed by atoms with van der Waals surface area (Å²) in [5.74, 6) is -0.121. The fourth-order valence-corrected chi connectivity index (χ4v) is 5.28. The minimum Gasteiger partial charge on any atom is -0.450 e. The van der Waals surface area contributed by atoms with Crippen LogP contribution in [0, 0.1) is 5.82 Å². The third kappa shape index (κ3) is 4.89. The van der Waals surface area contributed by atoms with Gasteiger partial charge in [-0.2, -0.15) is 0 Å². The lowest BCUT2D eigenvalue weighted by atomic mass is 9.97. The molecule has 0 unspecified atom stereocenters. The number of halogens is 1. The average Bonchev–Trinajstić information content (AvgIpc) is 2.80. The molecule has 1 aromatic rings. The first-order valence-electron chi connectivity index (χ1n) is 11.5. The van der Waals surface area contributed by atoms with Gasteiger partial charge in [0.25, 0.3) is 0 Å². The number of carbonyl (C=O) groups is 1. The molecule has 0 aliphatic carbocycles. The highest BCUT2D eigenvalue weighted by Crippen LogP contribution is 2.26. The van der Waals surface area contributed by atoms with Crippen molar-refractivity contribution in [3.8, 4) is 0 Å². The minimum atomic E-state index is -0.166. The first-order chi connectivity index (χ1) is 14.7. The highest BCUT2D eigenvalue weighted by atomic mass is 19.1. The van der Waals surface area contributed by atoms with E-state index in [2.05, 4.69) is 14.7 Å². The van der Waals surface area contributed by atoms with Crippen LogP contribution in [0.15, 0.2) is 24.3 Å². The molecule has 1 aromatic carbocycles. The summed E-state index contributed by atoms with van der Waals surface area (Å²) in [5.41, 5.74) is 0.732. The number of hydrogen-bond acceptors (Lipinski definition) is 5. The molecule has 0 N–H and O–H groups in total. The summed E-state index contributed by atoms with van der Waals surface area (Å²) in [6.45, 7) is 9.93. The zero-order valence-electron chi connectivity index (χ0n) is 18.1. The minimum absolute atomic E-state index is 0.121. The number of anilines is 1. The van der Waals surface area contributed by atoms with Crippen LogP contribution in [0.2, 0.25) is 0 Å². The van der Waals surface area contributed by atoms with Gasteiger partial charge in [-0.3, -0.25) is 9.80 Å². The lowest BCUT2D eigenvalue weighted by Gasteiger charge is -2.47. The summed E-state index contributed by atoms with van der Waals surface area (Å²) in [7, 11) is 0. The van der Waals surface area contributed by atoms with Crippen LogP contribution in [-0.4, -0.2) is 91.8 Å². The van der Waals surface area contributed by atoms with Crippen LogP contribution in [-0.2, 0) is 4.74 Å². The van der Waals surface area contributed by atoms with Gasteiger partial charge in [0.15, 0.2) is 0 Å². The lowest BCUT2D eigenvalue weighted by molar-refractivity contribution is 0.0375. The average molecular weight is 419 g/mol. The van der Waals surface area contributed by atoms with Gasteiger partial charge in [0.05, 0.1) is 12.3 Å². The van der Waals surface area contributed by atoms with Gasteiger partial charge in [-0.05, 0) is 51.3 Å². The number of hydrogen-bond donors (Lipinski definition) is 0. The second-order valence-corrected chi connectivity index (χ2v) is 8.68. The number of nitrogens with zero attached hydrogens (tertiary/aromatic N) is 4. The monoisotopic (exact) mass is 418 g/mol. The molecule has 3 fully saturated rings. The molecule has 6 nitrogen and oxygen atoms in total. The summed E-state index contributed by atoms with van der Waals surface area (Å²) in [4.78, 5) is 21.2. The molecule has 0 bridgehead atoms. The van der Waals surface area contributed by atoms with Gasteiger partial charge in [-0.15, -0.1) is 0 Å². The highest BCUT2D eigenvalue weighted by Gasteiger charge is 2.33. The number of piperazine rings is 1. The Bertz CT molecular complexity index is 702. The molecule has 0 spiro atoms. The van der Waals surface area contributed by atoms with Crippen molar-refractivity contribution in [3.63, 3.8) is 0 Å². The maximum Gasteiger partial charge on any atom is 0.409 e. The number of likely N-dealkylation sites (tertiary alicyclic amines) is 2. The van der Waals surface area contributed by atoms with Gasteiger partial charge in [0.2, 0.25) is 0 Å². The van der Waals surface area contributed by atoms with Crippen molar-refractivity contribution in [3.05, 3.63) is 30.1 Å². The van der Waals surface area contributed by atoms with Crippen LogP contribution in [0.1, 0.15) is 32.6 Å². The van der Waals surface area contributed by atoms with Crippen LogP contribution in [0.3, 0.4) is 0 Å². The van der Waals surface area contributed by atoms with Crippen molar-refractivity contribution in [1.29, 1.82) is 0 Å². The Balaban J connectivity index is 1.26. The van der Waals surface area contributed by atoms with Crippen LogP contribution in [0.4, 0.5) is 14.9 Å². The Morgan fingerprint density at radius 3 is 2.40 bits per heavy atom. The van der Waals surface area contributed by atoms with Crippen LogP contribution >= 0.6 is 0 Å². The zero-order chi connectivity index (χ0) is 20.9. The molecule has 0 aromatic heterocycles. The number of amides is 1. The predicted octanol–water partition coefficient (Wildman–Crippen LogP) is 3.03. The van der Waals surface area contributed by atoms with Gasteiger partial charge in [-0.1, -0.05) is 12.1 Å². The first kappa shape index (κ1) is 21.4. The van der Waals surface area contributed by atoms with Crippen LogP contribution in [0.5, 0.6) is 0 Å². The van der Waals surface area contributed by atoms with Crippen molar-refractivity contribution in [2.45, 2.75) is 44.7 Å². The van der Waals surface area contributed by atoms with Gasteiger partial charge in [-0.25, -0.2) is 9.18 Å². The van der Waals surface area contributed by atoms with E-state index in [0.29, 0.717) is 18.7 Å². The molecular weight excluding hydrogens is 383 g/mol. The largest absolute Gasteiger partial charge is 0.450 e. The fourth-order valence-electron chi connectivity index (χ4n) is 5.28. The number of carbonyl (C=O) groups excluding carboxylic acids is 1. The van der Waals surface area contributed by atoms with E-state index in [0.717, 1.165) is 70.9 Å². The number of piperidine rings is 2. The molecule has 7 heteroatoms. The summed E-state index contributed by atoms with van der Waals surface area (Å²) in [5, 5.41) is 0. The predicted molar refractivity (Wildman–Crippen MR) is 116 cm³/mol. The Hall–Kier alpha value is -1.86. The zero-order valence-corrected chi connectivity index (χ0v) is 18.1. The van der Waals surface area contributed by atoms with E-state index in [-0.39, 0.29) is 11.9 Å². The molecule has 0 saturated carbocycles. The molecule has 3 aliphatic rings. The van der Waals surface area contributed by atoms with Crippen molar-refractivity contribution in [2.75, 3.05) is 63.9 Å². The van der Waals surface area contributed by atoms with Crippen molar-refractivity contribution in [1.82, 2.24) is 14.7 Å². The molecule has 3 saturated heterocycles. The van der Waals surface area contributed by atoms with Crippen molar-refractivity contribution in [2.24, 2.45) is 0 Å². The van der Waals surface area contributed by atoms with Crippen molar-refractivity contribution >= 4 is 11.8 Å². The molecule has 166 valence electrons. The third-order valence-corrected chi connectivity index (χ3v) is 6.96. The van der Waals surface area contributed by atoms with E-state index in [9.17, 15) is 9.18 Å². The van der Waals surface area contributed by atoms with E-state index in [4.69, 9.17) is 4.74 Å². The van der Waals surface area contributed by atoms with Crippen molar-refractivity contribution < 1.29 is 13.9 Å². The summed E-state index contributed by atoms with van der Waals surface area (Å²) in [6.07, 6.45) is 4.38. The first-order valence-corrected chi connectivity index (χ1v) is 11.5. The molecule has 1 amide bonds. The molecule has 3 heterocycles. The Morgan fingerprint density at radius 2 is 1.70 bits per heavy atom. The molecule has 4 rings (SSSR count). The molecule has 30 heavy (non-hydrogen) atoms. The van der Waals surface area contributed by atoms with E-state index in [1.807, 2.05) is 24.0 Å². The summed E-state index contributed by atoms with van der Waals surface area (Å²) >= 11 is 0. The van der Waals surface area contributed by atoms with Gasteiger partial charge < -0.3 is 14.5 Å². The quantitative estimate of drug-likeness (QED) is 0.752. The topological polar surface area (TPSA) is 39.3 Å². The standard InChI is InChI=1S/C23H35FN4O2/c1-2-30-23(29)27-12-9-19(10-13-27)28-11-5-6-20(18-28)25-14-16-26(17-15-25)22-8-4-3-7-21(22)24/h3-4,7-8,19-20H,2,5-6,9-18H2,1H3/t20-/m1/s1.